The SMILES string of the molecule is O=C1C=CCCCCCC2OC3(CCCCCC(C(O)CCCCCCCOCC(CO)NS(=O)(=O)O)OC(=O)CN1)CCCC2O3. The van der Waals surface area contributed by atoms with Gasteiger partial charge in [0.15, 0.2) is 5.79 Å². The molecule has 2 saturated heterocycles. The molecule has 14 heteroatoms. The zero-order valence-electron chi connectivity index (χ0n) is 27.8. The molecule has 6 atom stereocenters. The zero-order chi connectivity index (χ0) is 34.0. The summed E-state index contributed by atoms with van der Waals surface area (Å²) in [6.07, 6.45) is 18.8. The summed E-state index contributed by atoms with van der Waals surface area (Å²) in [5.74, 6) is -1.38. The number of allylic oxidation sites excluding steroid dienone is 1. The minimum absolute atomic E-state index is 0.0493. The van der Waals surface area contributed by atoms with Gasteiger partial charge >= 0.3 is 16.3 Å². The molecule has 13 nitrogen and oxygen atoms in total. The number of ether oxygens (including phenoxy) is 4. The van der Waals surface area contributed by atoms with Gasteiger partial charge in [-0.25, -0.2) is 0 Å². The van der Waals surface area contributed by atoms with E-state index in [1.807, 2.05) is 10.8 Å². The van der Waals surface area contributed by atoms with Crippen molar-refractivity contribution in [2.24, 2.45) is 0 Å². The molecule has 3 rings (SSSR count). The first-order valence-corrected chi connectivity index (χ1v) is 19.1. The quantitative estimate of drug-likeness (QED) is 0.102. The molecule has 5 N–H and O–H groups in total. The van der Waals surface area contributed by atoms with Crippen LogP contribution in [0.25, 0.3) is 0 Å². The van der Waals surface area contributed by atoms with Gasteiger partial charge in [-0.05, 0) is 70.3 Å². The number of cyclic esters (lactones) is 1. The van der Waals surface area contributed by atoms with Gasteiger partial charge in [-0.15, -0.1) is 0 Å². The van der Waals surface area contributed by atoms with E-state index in [2.05, 4.69) is 5.32 Å². The summed E-state index contributed by atoms with van der Waals surface area (Å²) in [7, 11) is -4.41. The van der Waals surface area contributed by atoms with Gasteiger partial charge in [0.2, 0.25) is 5.91 Å². The van der Waals surface area contributed by atoms with Gasteiger partial charge in [0.1, 0.15) is 12.6 Å². The lowest BCUT2D eigenvalue weighted by Gasteiger charge is -2.31. The van der Waals surface area contributed by atoms with Gasteiger partial charge < -0.3 is 34.5 Å². The average Bonchev–Trinajstić information content (AvgIpc) is 3.27. The molecule has 3 bridgehead atoms. The van der Waals surface area contributed by atoms with Gasteiger partial charge in [0.05, 0.1) is 37.6 Å². The molecule has 1 spiro atoms. The highest BCUT2D eigenvalue weighted by Gasteiger charge is 2.49. The third kappa shape index (κ3) is 16.1. The molecule has 0 aromatic carbocycles. The summed E-state index contributed by atoms with van der Waals surface area (Å²) < 4.78 is 56.4. The predicted molar refractivity (Wildman–Crippen MR) is 175 cm³/mol. The van der Waals surface area contributed by atoms with Crippen LogP contribution in [0, 0.1) is 0 Å². The fourth-order valence-electron chi connectivity index (χ4n) is 6.64. The fourth-order valence-corrected chi connectivity index (χ4v) is 7.20. The van der Waals surface area contributed by atoms with E-state index in [1.165, 1.54) is 6.08 Å². The molecule has 3 aliphatic rings. The van der Waals surface area contributed by atoms with E-state index in [9.17, 15) is 28.2 Å². The lowest BCUT2D eigenvalue weighted by Crippen LogP contribution is -2.40. The van der Waals surface area contributed by atoms with E-state index < -0.39 is 46.9 Å². The van der Waals surface area contributed by atoms with Crippen molar-refractivity contribution in [3.63, 3.8) is 0 Å². The smallest absolute Gasteiger partial charge is 0.333 e. The summed E-state index contributed by atoms with van der Waals surface area (Å²) in [5, 5.41) is 22.7. The average molecular weight is 691 g/mol. The Kier molecular flexibility index (Phi) is 18.1. The number of hydrogen-bond acceptors (Lipinski definition) is 10. The summed E-state index contributed by atoms with van der Waals surface area (Å²) in [6.45, 7) is -0.404. The van der Waals surface area contributed by atoms with Crippen LogP contribution in [0.15, 0.2) is 12.2 Å². The maximum absolute atomic E-state index is 12.6. The lowest BCUT2D eigenvalue weighted by atomic mass is 9.95. The molecule has 3 aliphatic heterocycles. The number of nitrogens with one attached hydrogen (secondary N) is 2. The fraction of sp³-hybridized carbons (Fsp3) is 0.879. The maximum Gasteiger partial charge on any atom is 0.333 e. The van der Waals surface area contributed by atoms with Crippen molar-refractivity contribution in [2.45, 2.75) is 158 Å². The zero-order valence-corrected chi connectivity index (χ0v) is 28.6. The van der Waals surface area contributed by atoms with Crippen molar-refractivity contribution in [1.29, 1.82) is 0 Å². The van der Waals surface area contributed by atoms with Crippen LogP contribution in [0.1, 0.15) is 122 Å². The number of esters is 1. The molecule has 0 saturated carbocycles. The third-order valence-electron chi connectivity index (χ3n) is 9.13. The number of carbonyl (C=O) groups is 2. The maximum atomic E-state index is 12.6. The molecule has 2 fully saturated rings. The van der Waals surface area contributed by atoms with E-state index in [1.54, 1.807) is 0 Å². The molecular formula is C33H58N2O11S. The second kappa shape index (κ2) is 21.4. The van der Waals surface area contributed by atoms with Gasteiger partial charge in [-0.3, -0.25) is 14.1 Å². The molecule has 0 aliphatic carbocycles. The molecule has 0 aromatic heterocycles. The highest BCUT2D eigenvalue weighted by Crippen LogP contribution is 2.44. The monoisotopic (exact) mass is 690 g/mol. The molecule has 6 unspecified atom stereocenters. The minimum Gasteiger partial charge on any atom is -0.458 e. The molecule has 0 aromatic rings. The second-order valence-electron chi connectivity index (χ2n) is 13.2. The van der Waals surface area contributed by atoms with E-state index >= 15 is 0 Å². The number of carbonyl (C=O) groups excluding carboxylic acids is 2. The van der Waals surface area contributed by atoms with Crippen LogP contribution in [0.3, 0.4) is 0 Å². The van der Waals surface area contributed by atoms with Crippen molar-refractivity contribution >= 4 is 22.2 Å². The van der Waals surface area contributed by atoms with Crippen LogP contribution in [-0.4, -0.2) is 97.7 Å². The number of hydrogen-bond donors (Lipinski definition) is 5. The van der Waals surface area contributed by atoms with Crippen molar-refractivity contribution < 1.29 is 51.7 Å². The highest BCUT2D eigenvalue weighted by atomic mass is 32.2. The van der Waals surface area contributed by atoms with Gasteiger partial charge in [0, 0.05) is 19.4 Å². The number of aliphatic hydroxyl groups is 2. The predicted octanol–water partition coefficient (Wildman–Crippen LogP) is 3.62. The number of amides is 1. The van der Waals surface area contributed by atoms with Crippen LogP contribution in [-0.2, 0) is 38.8 Å². The normalized spacial score (nSPS) is 28.5. The molecule has 3 heterocycles. The number of unbranched alkanes of at least 4 members (excludes halogenated alkanes) is 4. The summed E-state index contributed by atoms with van der Waals surface area (Å²) in [4.78, 5) is 24.8. The minimum atomic E-state index is -4.41. The standard InChI is InChI=1S/C33H58N2O11S/c36-24-26(35-47(40,41)42)25-43-22-13-6-2-3-8-15-27(37)28-16-10-7-12-20-33-21-14-18-30(46-33)29(45-33)17-9-4-1-5-11-19-31(38)34-23-32(39)44-28/h11,19,26-30,35-37H,1-10,12-18,20-25H2,(H,34,38)(H,40,41,42). The van der Waals surface area contributed by atoms with Crippen LogP contribution >= 0.6 is 0 Å². The van der Waals surface area contributed by atoms with Gasteiger partial charge in [-0.1, -0.05) is 51.0 Å². The van der Waals surface area contributed by atoms with Crippen LogP contribution in [0.4, 0.5) is 0 Å². The number of aliphatic hydroxyl groups excluding tert-OH is 2. The highest BCUT2D eigenvalue weighted by molar-refractivity contribution is 7.83. The van der Waals surface area contributed by atoms with Crippen LogP contribution in [0.2, 0.25) is 0 Å². The Bertz CT molecular complexity index is 1060. The largest absolute Gasteiger partial charge is 0.458 e. The third-order valence-corrected chi connectivity index (χ3v) is 9.76. The topological polar surface area (TPSA) is 190 Å². The molecule has 272 valence electrons. The summed E-state index contributed by atoms with van der Waals surface area (Å²) >= 11 is 0. The first kappa shape index (κ1) is 39.8. The Morgan fingerprint density at radius 2 is 1.62 bits per heavy atom. The summed E-state index contributed by atoms with van der Waals surface area (Å²) in [5.41, 5.74) is 0. The Morgan fingerprint density at radius 3 is 2.38 bits per heavy atom. The van der Waals surface area contributed by atoms with E-state index in [-0.39, 0.29) is 31.3 Å². The number of fused-ring (bicyclic) bond motifs is 3. The summed E-state index contributed by atoms with van der Waals surface area (Å²) in [6, 6.07) is -0.905. The molecule has 47 heavy (non-hydrogen) atoms. The van der Waals surface area contributed by atoms with Gasteiger partial charge in [-0.2, -0.15) is 13.1 Å². The first-order valence-electron chi connectivity index (χ1n) is 17.7. The lowest BCUT2D eigenvalue weighted by molar-refractivity contribution is -0.198. The van der Waals surface area contributed by atoms with Gasteiger partial charge in [0.25, 0.3) is 0 Å². The van der Waals surface area contributed by atoms with Crippen molar-refractivity contribution in [2.75, 3.05) is 26.4 Å². The Labute approximate surface area is 280 Å². The van der Waals surface area contributed by atoms with Crippen LogP contribution < -0.4 is 10.0 Å². The molecule has 0 radical (unpaired) electrons. The molecular weight excluding hydrogens is 632 g/mol. The van der Waals surface area contributed by atoms with Crippen LogP contribution in [0.5, 0.6) is 0 Å². The van der Waals surface area contributed by atoms with E-state index in [0.717, 1.165) is 109 Å². The van der Waals surface area contributed by atoms with E-state index in [4.69, 9.17) is 23.5 Å². The van der Waals surface area contributed by atoms with Crippen molar-refractivity contribution in [3.8, 4) is 0 Å². The molecule has 1 amide bonds. The van der Waals surface area contributed by atoms with E-state index in [0.29, 0.717) is 19.4 Å². The Balaban J connectivity index is 1.41. The Morgan fingerprint density at radius 1 is 0.936 bits per heavy atom. The van der Waals surface area contributed by atoms with Crippen molar-refractivity contribution in [3.05, 3.63) is 12.2 Å². The van der Waals surface area contributed by atoms with Crippen molar-refractivity contribution in [1.82, 2.24) is 10.0 Å². The Hall–Kier alpha value is -1.65. The number of rotatable bonds is 14. The first-order chi connectivity index (χ1) is 22.6. The second-order valence-corrected chi connectivity index (χ2v) is 14.4.